The molecule has 2 aromatic rings. The molecule has 0 heterocycles. The fourth-order valence-corrected chi connectivity index (χ4v) is 2.34. The van der Waals surface area contributed by atoms with Gasteiger partial charge >= 0.3 is 6.03 Å². The summed E-state index contributed by atoms with van der Waals surface area (Å²) in [5, 5.41) is 5.56. The third kappa shape index (κ3) is 4.46. The first-order chi connectivity index (χ1) is 10.2. The van der Waals surface area contributed by atoms with Crippen molar-refractivity contribution in [2.75, 3.05) is 5.32 Å². The fraction of sp³-hybridized carbons (Fsp3) is 0.118. The molecule has 0 fully saturated rings. The van der Waals surface area contributed by atoms with E-state index in [0.717, 1.165) is 27.7 Å². The van der Waals surface area contributed by atoms with Crippen molar-refractivity contribution in [1.29, 1.82) is 0 Å². The molecule has 0 aromatic heterocycles. The van der Waals surface area contributed by atoms with Crippen molar-refractivity contribution < 1.29 is 4.79 Å². The van der Waals surface area contributed by atoms with Gasteiger partial charge in [0, 0.05) is 16.4 Å². The van der Waals surface area contributed by atoms with Crippen molar-refractivity contribution in [3.8, 4) is 0 Å². The van der Waals surface area contributed by atoms with Gasteiger partial charge in [0.15, 0.2) is 0 Å². The molecule has 2 amide bonds. The van der Waals surface area contributed by atoms with E-state index in [1.165, 1.54) is 0 Å². The highest BCUT2D eigenvalue weighted by Gasteiger charge is 2.03. The van der Waals surface area contributed by atoms with Crippen LogP contribution >= 0.6 is 15.9 Å². The highest BCUT2D eigenvalue weighted by molar-refractivity contribution is 9.10. The Bertz CT molecular complexity index is 653. The maximum atomic E-state index is 11.9. The second kappa shape index (κ2) is 7.64. The van der Waals surface area contributed by atoms with Crippen LogP contribution in [0.2, 0.25) is 0 Å². The smallest absolute Gasteiger partial charge is 0.314 e. The zero-order chi connectivity index (χ0) is 15.1. The molecule has 0 unspecified atom stereocenters. The number of aryl methyl sites for hydroxylation is 1. The van der Waals surface area contributed by atoms with Gasteiger partial charge in [0.05, 0.1) is 0 Å². The minimum atomic E-state index is -0.251. The number of urea groups is 1. The van der Waals surface area contributed by atoms with Crippen LogP contribution in [0, 0.1) is 0 Å². The number of carbonyl (C=O) groups excluding carboxylic acids is 1. The second-order valence-electron chi connectivity index (χ2n) is 4.46. The maximum absolute atomic E-state index is 11.9. The molecule has 0 atom stereocenters. The topological polar surface area (TPSA) is 41.1 Å². The van der Waals surface area contributed by atoms with E-state index in [0.29, 0.717) is 0 Å². The number of carbonyl (C=O) groups is 1. The Labute approximate surface area is 133 Å². The summed E-state index contributed by atoms with van der Waals surface area (Å²) in [6.07, 6.45) is 4.35. The lowest BCUT2D eigenvalue weighted by Gasteiger charge is -2.09. The number of hydrogen-bond donors (Lipinski definition) is 2. The van der Waals surface area contributed by atoms with Crippen molar-refractivity contribution in [3.63, 3.8) is 0 Å². The van der Waals surface area contributed by atoms with Gasteiger partial charge in [0.2, 0.25) is 0 Å². The molecule has 0 spiro atoms. The minimum absolute atomic E-state index is 0.251. The average molecular weight is 345 g/mol. The molecule has 0 bridgehead atoms. The molecule has 3 nitrogen and oxygen atoms in total. The molecule has 0 aliphatic carbocycles. The van der Waals surface area contributed by atoms with Gasteiger partial charge in [-0.1, -0.05) is 59.3 Å². The SMILES string of the molecule is CCc1ccccc1NC(=O)N/C=C/c1ccccc1Br. The van der Waals surface area contributed by atoms with E-state index in [-0.39, 0.29) is 6.03 Å². The number of halogens is 1. The summed E-state index contributed by atoms with van der Waals surface area (Å²) >= 11 is 3.46. The Morgan fingerprint density at radius 2 is 1.86 bits per heavy atom. The van der Waals surface area contributed by atoms with Crippen LogP contribution in [-0.4, -0.2) is 6.03 Å². The predicted octanol–water partition coefficient (Wildman–Crippen LogP) is 4.80. The lowest BCUT2D eigenvalue weighted by atomic mass is 10.1. The first kappa shape index (κ1) is 15.3. The standard InChI is InChI=1S/C17H17BrN2O/c1-2-13-7-4-6-10-16(13)20-17(21)19-12-11-14-8-3-5-9-15(14)18/h3-12H,2H2,1H3,(H2,19,20,21)/b12-11+. The molecule has 0 aliphatic heterocycles. The van der Waals surface area contributed by atoms with E-state index in [1.54, 1.807) is 6.20 Å². The van der Waals surface area contributed by atoms with Crippen molar-refractivity contribution in [2.45, 2.75) is 13.3 Å². The summed E-state index contributed by atoms with van der Waals surface area (Å²) in [6, 6.07) is 15.3. The van der Waals surface area contributed by atoms with Gasteiger partial charge in [0.25, 0.3) is 0 Å². The van der Waals surface area contributed by atoms with Crippen LogP contribution in [0.15, 0.2) is 59.2 Å². The Hall–Kier alpha value is -2.07. The van der Waals surface area contributed by atoms with E-state index < -0.39 is 0 Å². The van der Waals surface area contributed by atoms with Crippen LogP contribution in [-0.2, 0) is 6.42 Å². The number of anilines is 1. The van der Waals surface area contributed by atoms with Gasteiger partial charge in [0.1, 0.15) is 0 Å². The third-order valence-electron chi connectivity index (χ3n) is 3.03. The molecule has 108 valence electrons. The number of para-hydroxylation sites is 1. The number of amides is 2. The summed E-state index contributed by atoms with van der Waals surface area (Å²) in [7, 11) is 0. The van der Waals surface area contributed by atoms with E-state index in [2.05, 4.69) is 33.5 Å². The highest BCUT2D eigenvalue weighted by atomic mass is 79.9. The van der Waals surface area contributed by atoms with Crippen LogP contribution in [0.4, 0.5) is 10.5 Å². The molecule has 0 radical (unpaired) electrons. The number of rotatable bonds is 4. The molecule has 0 saturated carbocycles. The molecule has 21 heavy (non-hydrogen) atoms. The number of benzene rings is 2. The van der Waals surface area contributed by atoms with Crippen LogP contribution in [0.5, 0.6) is 0 Å². The monoisotopic (exact) mass is 344 g/mol. The average Bonchev–Trinajstić information content (AvgIpc) is 2.50. The molecular weight excluding hydrogens is 328 g/mol. The summed E-state index contributed by atoms with van der Waals surface area (Å²) in [5.41, 5.74) is 2.96. The Balaban J connectivity index is 1.95. The zero-order valence-electron chi connectivity index (χ0n) is 11.8. The van der Waals surface area contributed by atoms with Crippen molar-refractivity contribution in [2.24, 2.45) is 0 Å². The van der Waals surface area contributed by atoms with E-state index in [4.69, 9.17) is 0 Å². The van der Waals surface area contributed by atoms with E-state index in [1.807, 2.05) is 54.6 Å². The number of nitrogens with one attached hydrogen (secondary N) is 2. The third-order valence-corrected chi connectivity index (χ3v) is 3.75. The van der Waals surface area contributed by atoms with Crippen molar-refractivity contribution in [3.05, 3.63) is 70.3 Å². The van der Waals surface area contributed by atoms with Gasteiger partial charge in [-0.2, -0.15) is 0 Å². The van der Waals surface area contributed by atoms with Gasteiger partial charge in [-0.15, -0.1) is 0 Å². The Morgan fingerprint density at radius 3 is 2.62 bits per heavy atom. The molecular formula is C17H17BrN2O. The molecule has 2 N–H and O–H groups in total. The molecule has 4 heteroatoms. The molecule has 0 aliphatic rings. The number of hydrogen-bond acceptors (Lipinski definition) is 1. The van der Waals surface area contributed by atoms with Crippen molar-refractivity contribution >= 4 is 33.7 Å². The van der Waals surface area contributed by atoms with Gasteiger partial charge < -0.3 is 10.6 Å². The quantitative estimate of drug-likeness (QED) is 0.821. The van der Waals surface area contributed by atoms with Crippen LogP contribution in [0.1, 0.15) is 18.1 Å². The van der Waals surface area contributed by atoms with Crippen LogP contribution in [0.25, 0.3) is 6.08 Å². The second-order valence-corrected chi connectivity index (χ2v) is 5.32. The Morgan fingerprint density at radius 1 is 1.14 bits per heavy atom. The molecule has 2 rings (SSSR count). The van der Waals surface area contributed by atoms with E-state index in [9.17, 15) is 4.79 Å². The predicted molar refractivity (Wildman–Crippen MR) is 91.2 cm³/mol. The van der Waals surface area contributed by atoms with Crippen LogP contribution in [0.3, 0.4) is 0 Å². The zero-order valence-corrected chi connectivity index (χ0v) is 13.4. The fourth-order valence-electron chi connectivity index (χ4n) is 1.93. The highest BCUT2D eigenvalue weighted by Crippen LogP contribution is 2.17. The lowest BCUT2D eigenvalue weighted by molar-refractivity contribution is 0.255. The first-order valence-electron chi connectivity index (χ1n) is 6.77. The van der Waals surface area contributed by atoms with Gasteiger partial charge in [-0.05, 0) is 35.8 Å². The summed E-state index contributed by atoms with van der Waals surface area (Å²) in [5.74, 6) is 0. The summed E-state index contributed by atoms with van der Waals surface area (Å²) in [4.78, 5) is 11.9. The van der Waals surface area contributed by atoms with Crippen LogP contribution < -0.4 is 10.6 Å². The summed E-state index contributed by atoms with van der Waals surface area (Å²) < 4.78 is 0.986. The minimum Gasteiger partial charge on any atom is -0.314 e. The van der Waals surface area contributed by atoms with Crippen molar-refractivity contribution in [1.82, 2.24) is 5.32 Å². The first-order valence-corrected chi connectivity index (χ1v) is 7.56. The molecule has 2 aromatic carbocycles. The van der Waals surface area contributed by atoms with Gasteiger partial charge in [-0.3, -0.25) is 0 Å². The van der Waals surface area contributed by atoms with Gasteiger partial charge in [-0.25, -0.2) is 4.79 Å². The maximum Gasteiger partial charge on any atom is 0.323 e. The lowest BCUT2D eigenvalue weighted by Crippen LogP contribution is -2.24. The Kier molecular flexibility index (Phi) is 5.58. The molecule has 0 saturated heterocycles. The largest absolute Gasteiger partial charge is 0.323 e. The normalized spacial score (nSPS) is 10.6. The summed E-state index contributed by atoms with van der Waals surface area (Å²) in [6.45, 7) is 2.06. The van der Waals surface area contributed by atoms with E-state index >= 15 is 0 Å².